The van der Waals surface area contributed by atoms with Crippen LogP contribution in [0.3, 0.4) is 0 Å². The summed E-state index contributed by atoms with van der Waals surface area (Å²) < 4.78 is 5.81. The minimum Gasteiger partial charge on any atom is -0.464 e. The Bertz CT molecular complexity index is 795. The summed E-state index contributed by atoms with van der Waals surface area (Å²) in [7, 11) is 1.35. The third kappa shape index (κ3) is 2.80. The molecule has 0 aliphatic heterocycles. The molecule has 0 aliphatic rings. The number of carbonyl (C=O) groups is 1. The maximum Gasteiger partial charge on any atom is 0.358 e. The van der Waals surface area contributed by atoms with Crippen LogP contribution in [-0.2, 0) is 4.74 Å². The first-order chi connectivity index (χ1) is 10.7. The SMILES string of the molecule is COC(=O)c1nc(-c2ccccc2)[nH]c1-c1ccc(Br)cc1. The Hall–Kier alpha value is -2.40. The zero-order valence-corrected chi connectivity index (χ0v) is 13.4. The van der Waals surface area contributed by atoms with Crippen molar-refractivity contribution in [3.05, 3.63) is 64.8 Å². The van der Waals surface area contributed by atoms with Crippen LogP contribution in [0.4, 0.5) is 0 Å². The molecule has 0 fully saturated rings. The molecule has 2 aromatic carbocycles. The molecule has 4 nitrogen and oxygen atoms in total. The number of methoxy groups -OCH3 is 1. The lowest BCUT2D eigenvalue weighted by atomic mass is 10.1. The molecular weight excluding hydrogens is 344 g/mol. The number of nitrogens with one attached hydrogen (secondary N) is 1. The summed E-state index contributed by atoms with van der Waals surface area (Å²) >= 11 is 3.40. The smallest absolute Gasteiger partial charge is 0.358 e. The molecule has 0 saturated carbocycles. The van der Waals surface area contributed by atoms with Gasteiger partial charge in [0.2, 0.25) is 0 Å². The number of halogens is 1. The molecule has 5 heteroatoms. The highest BCUT2D eigenvalue weighted by Gasteiger charge is 2.20. The highest BCUT2D eigenvalue weighted by molar-refractivity contribution is 9.10. The van der Waals surface area contributed by atoms with Crippen molar-refractivity contribution >= 4 is 21.9 Å². The number of hydrogen-bond acceptors (Lipinski definition) is 3. The quantitative estimate of drug-likeness (QED) is 0.712. The summed E-state index contributed by atoms with van der Waals surface area (Å²) in [4.78, 5) is 19.6. The Kier molecular flexibility index (Phi) is 4.06. The van der Waals surface area contributed by atoms with Crippen molar-refractivity contribution in [2.75, 3.05) is 7.11 Å². The Labute approximate surface area is 136 Å². The number of carbonyl (C=O) groups excluding carboxylic acids is 1. The van der Waals surface area contributed by atoms with Gasteiger partial charge in [0.15, 0.2) is 5.69 Å². The summed E-state index contributed by atoms with van der Waals surface area (Å²) in [6.45, 7) is 0. The van der Waals surface area contributed by atoms with Gasteiger partial charge in [0, 0.05) is 15.6 Å². The van der Waals surface area contributed by atoms with Gasteiger partial charge in [-0.1, -0.05) is 58.4 Å². The van der Waals surface area contributed by atoms with Crippen LogP contribution in [0, 0.1) is 0 Å². The second kappa shape index (κ2) is 6.15. The van der Waals surface area contributed by atoms with E-state index >= 15 is 0 Å². The number of ether oxygens (including phenoxy) is 1. The van der Waals surface area contributed by atoms with Crippen molar-refractivity contribution in [1.29, 1.82) is 0 Å². The average Bonchev–Trinajstić information content (AvgIpc) is 3.01. The minimum absolute atomic E-state index is 0.281. The molecule has 0 spiro atoms. The Balaban J connectivity index is 2.13. The zero-order valence-electron chi connectivity index (χ0n) is 11.8. The van der Waals surface area contributed by atoms with Gasteiger partial charge in [0.25, 0.3) is 0 Å². The molecule has 0 saturated heterocycles. The molecular formula is C17H13BrN2O2. The molecule has 0 radical (unpaired) electrons. The second-order valence-electron chi connectivity index (χ2n) is 4.67. The highest BCUT2D eigenvalue weighted by atomic mass is 79.9. The number of nitrogens with zero attached hydrogens (tertiary/aromatic N) is 1. The minimum atomic E-state index is -0.462. The van der Waals surface area contributed by atoms with E-state index < -0.39 is 5.97 Å². The van der Waals surface area contributed by atoms with Crippen molar-refractivity contribution in [1.82, 2.24) is 9.97 Å². The number of esters is 1. The maximum absolute atomic E-state index is 12.0. The van der Waals surface area contributed by atoms with Gasteiger partial charge in [-0.2, -0.15) is 0 Å². The van der Waals surface area contributed by atoms with Crippen LogP contribution < -0.4 is 0 Å². The van der Waals surface area contributed by atoms with Crippen LogP contribution >= 0.6 is 15.9 Å². The van der Waals surface area contributed by atoms with Crippen molar-refractivity contribution in [2.45, 2.75) is 0 Å². The first kappa shape index (κ1) is 14.5. The molecule has 3 rings (SSSR count). The molecule has 0 bridgehead atoms. The number of benzene rings is 2. The maximum atomic E-state index is 12.0. The summed E-state index contributed by atoms with van der Waals surface area (Å²) in [6.07, 6.45) is 0. The van der Waals surface area contributed by atoms with Gasteiger partial charge in [0.05, 0.1) is 12.8 Å². The first-order valence-electron chi connectivity index (χ1n) is 6.68. The van der Waals surface area contributed by atoms with E-state index in [1.807, 2.05) is 54.6 Å². The van der Waals surface area contributed by atoms with Gasteiger partial charge in [0.1, 0.15) is 5.82 Å². The van der Waals surface area contributed by atoms with Gasteiger partial charge in [-0.3, -0.25) is 0 Å². The summed E-state index contributed by atoms with van der Waals surface area (Å²) in [5.74, 6) is 0.176. The number of rotatable bonds is 3. The lowest BCUT2D eigenvalue weighted by Crippen LogP contribution is -2.03. The number of imidazole rings is 1. The van der Waals surface area contributed by atoms with E-state index in [1.54, 1.807) is 0 Å². The molecule has 1 aromatic heterocycles. The zero-order chi connectivity index (χ0) is 15.5. The second-order valence-corrected chi connectivity index (χ2v) is 5.59. The average molecular weight is 357 g/mol. The molecule has 110 valence electrons. The molecule has 3 aromatic rings. The van der Waals surface area contributed by atoms with Crippen LogP contribution in [0.2, 0.25) is 0 Å². The first-order valence-corrected chi connectivity index (χ1v) is 7.48. The van der Waals surface area contributed by atoms with Gasteiger partial charge < -0.3 is 9.72 Å². The Morgan fingerprint density at radius 1 is 1.05 bits per heavy atom. The van der Waals surface area contributed by atoms with E-state index in [2.05, 4.69) is 25.9 Å². The van der Waals surface area contributed by atoms with E-state index in [9.17, 15) is 4.79 Å². The molecule has 1 heterocycles. The van der Waals surface area contributed by atoms with E-state index in [0.29, 0.717) is 11.5 Å². The fourth-order valence-corrected chi connectivity index (χ4v) is 2.44. The van der Waals surface area contributed by atoms with Crippen molar-refractivity contribution < 1.29 is 9.53 Å². The predicted octanol–water partition coefficient (Wildman–Crippen LogP) is 4.29. The van der Waals surface area contributed by atoms with E-state index in [1.165, 1.54) is 7.11 Å². The predicted molar refractivity (Wildman–Crippen MR) is 88.5 cm³/mol. The number of hydrogen-bond donors (Lipinski definition) is 1. The van der Waals surface area contributed by atoms with Crippen LogP contribution in [0.15, 0.2) is 59.1 Å². The van der Waals surface area contributed by atoms with Crippen molar-refractivity contribution in [3.8, 4) is 22.6 Å². The molecule has 1 N–H and O–H groups in total. The van der Waals surface area contributed by atoms with Crippen molar-refractivity contribution in [2.24, 2.45) is 0 Å². The normalized spacial score (nSPS) is 10.5. The number of aromatic amines is 1. The van der Waals surface area contributed by atoms with Gasteiger partial charge in [-0.05, 0) is 12.1 Å². The number of H-pyrrole nitrogens is 1. The number of aromatic nitrogens is 2. The van der Waals surface area contributed by atoms with Crippen LogP contribution in [0.5, 0.6) is 0 Å². The van der Waals surface area contributed by atoms with Gasteiger partial charge in [-0.25, -0.2) is 9.78 Å². The highest BCUT2D eigenvalue weighted by Crippen LogP contribution is 2.27. The lowest BCUT2D eigenvalue weighted by molar-refractivity contribution is 0.0595. The third-order valence-corrected chi connectivity index (χ3v) is 3.79. The van der Waals surface area contributed by atoms with Gasteiger partial charge in [-0.15, -0.1) is 0 Å². The molecule has 0 atom stereocenters. The topological polar surface area (TPSA) is 55.0 Å². The summed E-state index contributed by atoms with van der Waals surface area (Å²) in [6, 6.07) is 17.3. The lowest BCUT2D eigenvalue weighted by Gasteiger charge is -2.01. The standard InChI is InChI=1S/C17H13BrN2O2/c1-22-17(21)15-14(11-7-9-13(18)10-8-11)19-16(20-15)12-5-3-2-4-6-12/h2-10H,1H3,(H,19,20). The van der Waals surface area contributed by atoms with Crippen LogP contribution in [0.1, 0.15) is 10.5 Å². The fourth-order valence-electron chi connectivity index (χ4n) is 2.18. The molecule has 0 amide bonds. The van der Waals surface area contributed by atoms with E-state index in [-0.39, 0.29) is 5.69 Å². The van der Waals surface area contributed by atoms with Crippen LogP contribution in [0.25, 0.3) is 22.6 Å². The molecule has 22 heavy (non-hydrogen) atoms. The van der Waals surface area contributed by atoms with Gasteiger partial charge >= 0.3 is 5.97 Å². The van der Waals surface area contributed by atoms with E-state index in [0.717, 1.165) is 15.6 Å². The van der Waals surface area contributed by atoms with Crippen LogP contribution in [-0.4, -0.2) is 23.0 Å². The Morgan fingerprint density at radius 3 is 2.36 bits per heavy atom. The third-order valence-electron chi connectivity index (χ3n) is 3.26. The fraction of sp³-hybridized carbons (Fsp3) is 0.0588. The monoisotopic (exact) mass is 356 g/mol. The molecule has 0 unspecified atom stereocenters. The van der Waals surface area contributed by atoms with Crippen molar-refractivity contribution in [3.63, 3.8) is 0 Å². The summed E-state index contributed by atoms with van der Waals surface area (Å²) in [5, 5.41) is 0. The molecule has 0 aliphatic carbocycles. The van der Waals surface area contributed by atoms with E-state index in [4.69, 9.17) is 4.74 Å². The Morgan fingerprint density at radius 2 is 1.73 bits per heavy atom. The summed E-state index contributed by atoms with van der Waals surface area (Å²) in [5.41, 5.74) is 2.72. The largest absolute Gasteiger partial charge is 0.464 e.